The number of amides is 1. The summed E-state index contributed by atoms with van der Waals surface area (Å²) in [6.07, 6.45) is 13.9. The van der Waals surface area contributed by atoms with Gasteiger partial charge in [0, 0.05) is 55.6 Å². The lowest BCUT2D eigenvalue weighted by Gasteiger charge is -2.34. The van der Waals surface area contributed by atoms with Crippen LogP contribution in [-0.2, 0) is 4.79 Å². The SMILES string of the molecule is CC(C)c1nccn1-c1nccnc1[C@H]1CCCN(C(=O)C2CCCC2)C1. The Labute approximate surface area is 161 Å². The molecule has 0 radical (unpaired) electrons. The zero-order valence-electron chi connectivity index (χ0n) is 16.3. The molecule has 1 atom stereocenters. The smallest absolute Gasteiger partial charge is 0.225 e. The van der Waals surface area contributed by atoms with E-state index in [9.17, 15) is 4.79 Å². The molecule has 27 heavy (non-hydrogen) atoms. The van der Waals surface area contributed by atoms with Crippen molar-refractivity contribution in [2.75, 3.05) is 13.1 Å². The Morgan fingerprint density at radius 2 is 1.81 bits per heavy atom. The van der Waals surface area contributed by atoms with Crippen molar-refractivity contribution in [3.63, 3.8) is 0 Å². The molecule has 1 amide bonds. The molecular formula is C21H29N5O. The van der Waals surface area contributed by atoms with Crippen LogP contribution in [0.25, 0.3) is 5.82 Å². The lowest BCUT2D eigenvalue weighted by Crippen LogP contribution is -2.42. The molecular weight excluding hydrogens is 338 g/mol. The van der Waals surface area contributed by atoms with Crippen molar-refractivity contribution in [1.29, 1.82) is 0 Å². The van der Waals surface area contributed by atoms with Gasteiger partial charge < -0.3 is 4.90 Å². The Bertz CT molecular complexity index is 793. The number of carbonyl (C=O) groups excluding carboxylic acids is 1. The summed E-state index contributed by atoms with van der Waals surface area (Å²) < 4.78 is 2.06. The fraction of sp³-hybridized carbons (Fsp3) is 0.619. The summed E-state index contributed by atoms with van der Waals surface area (Å²) in [6, 6.07) is 0. The first-order valence-electron chi connectivity index (χ1n) is 10.3. The molecule has 4 rings (SSSR count). The van der Waals surface area contributed by atoms with Gasteiger partial charge >= 0.3 is 0 Å². The topological polar surface area (TPSA) is 63.9 Å². The van der Waals surface area contributed by atoms with Gasteiger partial charge in [-0.1, -0.05) is 26.7 Å². The van der Waals surface area contributed by atoms with E-state index in [2.05, 4.69) is 33.3 Å². The molecule has 144 valence electrons. The van der Waals surface area contributed by atoms with E-state index in [1.54, 1.807) is 12.4 Å². The summed E-state index contributed by atoms with van der Waals surface area (Å²) in [5.41, 5.74) is 0.987. The molecule has 2 fully saturated rings. The molecule has 2 aromatic heterocycles. The summed E-state index contributed by atoms with van der Waals surface area (Å²) in [5, 5.41) is 0. The Balaban J connectivity index is 1.60. The zero-order valence-corrected chi connectivity index (χ0v) is 16.3. The quantitative estimate of drug-likeness (QED) is 0.827. The minimum atomic E-state index is 0.232. The number of aromatic nitrogens is 4. The molecule has 0 N–H and O–H groups in total. The average Bonchev–Trinajstić information content (AvgIpc) is 3.39. The average molecular weight is 367 g/mol. The standard InChI is InChI=1S/C21H29N5O/c1-15(2)19-24-11-13-26(19)20-18(22-9-10-23-20)17-8-5-12-25(14-17)21(27)16-6-3-4-7-16/h9-11,13,15-17H,3-8,12,14H2,1-2H3/t17-/m0/s1. The van der Waals surface area contributed by atoms with Gasteiger partial charge in [0.25, 0.3) is 0 Å². The highest BCUT2D eigenvalue weighted by atomic mass is 16.2. The summed E-state index contributed by atoms with van der Waals surface area (Å²) in [4.78, 5) is 28.8. The molecule has 0 bridgehead atoms. The highest BCUT2D eigenvalue weighted by Crippen LogP contribution is 2.33. The van der Waals surface area contributed by atoms with E-state index >= 15 is 0 Å². The largest absolute Gasteiger partial charge is 0.342 e. The first-order chi connectivity index (χ1) is 13.1. The molecule has 6 heteroatoms. The number of likely N-dealkylation sites (tertiary alicyclic amines) is 1. The molecule has 0 spiro atoms. The van der Waals surface area contributed by atoms with E-state index in [0.29, 0.717) is 11.8 Å². The third kappa shape index (κ3) is 3.62. The molecule has 6 nitrogen and oxygen atoms in total. The van der Waals surface area contributed by atoms with Gasteiger partial charge in [0.1, 0.15) is 5.82 Å². The third-order valence-electron chi connectivity index (χ3n) is 5.94. The van der Waals surface area contributed by atoms with Crippen molar-refractivity contribution in [3.05, 3.63) is 36.3 Å². The summed E-state index contributed by atoms with van der Waals surface area (Å²) >= 11 is 0. The predicted octanol–water partition coefficient (Wildman–Crippen LogP) is 3.68. The molecule has 2 aliphatic rings. The number of carbonyl (C=O) groups is 1. The van der Waals surface area contributed by atoms with Crippen molar-refractivity contribution in [1.82, 2.24) is 24.4 Å². The Hall–Kier alpha value is -2.24. The number of hydrogen-bond acceptors (Lipinski definition) is 4. The highest BCUT2D eigenvalue weighted by Gasteiger charge is 2.32. The van der Waals surface area contributed by atoms with Crippen LogP contribution < -0.4 is 0 Å². The molecule has 1 aliphatic carbocycles. The fourth-order valence-electron chi connectivity index (χ4n) is 4.57. The number of nitrogens with zero attached hydrogens (tertiary/aromatic N) is 5. The van der Waals surface area contributed by atoms with Crippen LogP contribution in [0.15, 0.2) is 24.8 Å². The van der Waals surface area contributed by atoms with Gasteiger partial charge in [0.15, 0.2) is 5.82 Å². The van der Waals surface area contributed by atoms with Crippen LogP contribution in [0, 0.1) is 5.92 Å². The van der Waals surface area contributed by atoms with Crippen molar-refractivity contribution >= 4 is 5.91 Å². The van der Waals surface area contributed by atoms with Gasteiger partial charge in [0.05, 0.1) is 5.69 Å². The normalized spacial score (nSPS) is 21.1. The maximum Gasteiger partial charge on any atom is 0.225 e. The first kappa shape index (κ1) is 18.1. The lowest BCUT2D eigenvalue weighted by atomic mass is 9.93. The van der Waals surface area contributed by atoms with E-state index < -0.39 is 0 Å². The van der Waals surface area contributed by atoms with Gasteiger partial charge in [-0.25, -0.2) is 9.97 Å². The van der Waals surface area contributed by atoms with Gasteiger partial charge in [-0.3, -0.25) is 14.3 Å². The van der Waals surface area contributed by atoms with Crippen LogP contribution in [-0.4, -0.2) is 43.4 Å². The Morgan fingerprint density at radius 1 is 1.04 bits per heavy atom. The van der Waals surface area contributed by atoms with Crippen molar-refractivity contribution in [2.45, 2.75) is 64.2 Å². The number of hydrogen-bond donors (Lipinski definition) is 0. The van der Waals surface area contributed by atoms with E-state index in [4.69, 9.17) is 4.98 Å². The second-order valence-electron chi connectivity index (χ2n) is 8.18. The van der Waals surface area contributed by atoms with Crippen LogP contribution in [0.4, 0.5) is 0 Å². The molecule has 2 aromatic rings. The summed E-state index contributed by atoms with van der Waals surface area (Å²) in [5.74, 6) is 2.99. The minimum Gasteiger partial charge on any atom is -0.342 e. The lowest BCUT2D eigenvalue weighted by molar-refractivity contribution is -0.136. The zero-order chi connectivity index (χ0) is 18.8. The molecule has 1 saturated carbocycles. The maximum atomic E-state index is 12.9. The molecule has 1 aliphatic heterocycles. The minimum absolute atomic E-state index is 0.232. The van der Waals surface area contributed by atoms with Crippen LogP contribution >= 0.6 is 0 Å². The predicted molar refractivity (Wildman–Crippen MR) is 104 cm³/mol. The molecule has 0 unspecified atom stereocenters. The van der Waals surface area contributed by atoms with E-state index in [1.807, 2.05) is 12.4 Å². The second kappa shape index (κ2) is 7.79. The van der Waals surface area contributed by atoms with Crippen LogP contribution in [0.3, 0.4) is 0 Å². The molecule has 1 saturated heterocycles. The van der Waals surface area contributed by atoms with Crippen LogP contribution in [0.5, 0.6) is 0 Å². The van der Waals surface area contributed by atoms with Crippen molar-refractivity contribution < 1.29 is 4.79 Å². The van der Waals surface area contributed by atoms with Gasteiger partial charge in [0.2, 0.25) is 5.91 Å². The monoisotopic (exact) mass is 367 g/mol. The van der Waals surface area contributed by atoms with E-state index in [0.717, 1.165) is 56.1 Å². The maximum absolute atomic E-state index is 12.9. The van der Waals surface area contributed by atoms with Crippen molar-refractivity contribution in [2.24, 2.45) is 5.92 Å². The number of piperidine rings is 1. The molecule has 3 heterocycles. The van der Waals surface area contributed by atoms with E-state index in [-0.39, 0.29) is 11.8 Å². The highest BCUT2D eigenvalue weighted by molar-refractivity contribution is 5.79. The van der Waals surface area contributed by atoms with Crippen molar-refractivity contribution in [3.8, 4) is 5.82 Å². The fourth-order valence-corrected chi connectivity index (χ4v) is 4.57. The first-order valence-corrected chi connectivity index (χ1v) is 10.3. The number of rotatable bonds is 4. The van der Waals surface area contributed by atoms with Gasteiger partial charge in [-0.05, 0) is 25.7 Å². The van der Waals surface area contributed by atoms with Crippen LogP contribution in [0.1, 0.15) is 75.7 Å². The summed E-state index contributed by atoms with van der Waals surface area (Å²) in [7, 11) is 0. The third-order valence-corrected chi connectivity index (χ3v) is 5.94. The van der Waals surface area contributed by atoms with E-state index in [1.165, 1.54) is 12.8 Å². The second-order valence-corrected chi connectivity index (χ2v) is 8.18. The van der Waals surface area contributed by atoms with Gasteiger partial charge in [-0.2, -0.15) is 0 Å². The number of imidazole rings is 1. The van der Waals surface area contributed by atoms with Gasteiger partial charge in [-0.15, -0.1) is 0 Å². The van der Waals surface area contributed by atoms with Crippen LogP contribution in [0.2, 0.25) is 0 Å². The molecule has 0 aromatic carbocycles. The Kier molecular flexibility index (Phi) is 5.23. The Morgan fingerprint density at radius 3 is 2.59 bits per heavy atom. The summed E-state index contributed by atoms with van der Waals surface area (Å²) in [6.45, 7) is 5.91.